The Morgan fingerprint density at radius 1 is 1.26 bits per heavy atom. The fourth-order valence-electron chi connectivity index (χ4n) is 3.89. The summed E-state index contributed by atoms with van der Waals surface area (Å²) in [6.07, 6.45) is 0.709. The number of carbonyl (C=O) groups excluding carboxylic acids is 3. The van der Waals surface area contributed by atoms with Gasteiger partial charge >= 0.3 is 6.03 Å². The van der Waals surface area contributed by atoms with Gasteiger partial charge in [-0.2, -0.15) is 0 Å². The summed E-state index contributed by atoms with van der Waals surface area (Å²) in [5, 5.41) is 0.190. The van der Waals surface area contributed by atoms with Crippen molar-refractivity contribution in [1.29, 1.82) is 0 Å². The molecule has 8 heteroatoms. The Balaban J connectivity index is 1.80. The van der Waals surface area contributed by atoms with Crippen LogP contribution in [0.2, 0.25) is 5.02 Å². The quantitative estimate of drug-likeness (QED) is 0.739. The van der Waals surface area contributed by atoms with Crippen molar-refractivity contribution >= 4 is 29.4 Å². The third-order valence-electron chi connectivity index (χ3n) is 5.32. The molecule has 2 aliphatic rings. The van der Waals surface area contributed by atoms with Crippen LogP contribution >= 0.6 is 11.6 Å². The van der Waals surface area contributed by atoms with Crippen LogP contribution in [-0.2, 0) is 4.79 Å². The van der Waals surface area contributed by atoms with Gasteiger partial charge in [-0.15, -0.1) is 0 Å². The van der Waals surface area contributed by atoms with E-state index in [0.29, 0.717) is 32.5 Å². The molecule has 2 heterocycles. The van der Waals surface area contributed by atoms with Gasteiger partial charge in [0.25, 0.3) is 11.8 Å². The smallest absolute Gasteiger partial charge is 0.327 e. The summed E-state index contributed by atoms with van der Waals surface area (Å²) in [5.41, 5.74) is -0.795. The molecule has 2 fully saturated rings. The summed E-state index contributed by atoms with van der Waals surface area (Å²) < 4.78 is 13.5. The van der Waals surface area contributed by atoms with Gasteiger partial charge in [-0.05, 0) is 37.0 Å². The second kappa shape index (κ2) is 7.11. The molecule has 4 amide bonds. The van der Waals surface area contributed by atoms with Crippen LogP contribution in [0.4, 0.5) is 9.18 Å². The van der Waals surface area contributed by atoms with E-state index in [1.165, 1.54) is 24.1 Å². The minimum Gasteiger partial charge on any atom is -0.338 e. The molecule has 0 aliphatic carbocycles. The predicted octanol–water partition coefficient (Wildman–Crippen LogP) is 3.00. The average molecular weight is 396 g/mol. The standard InChI is InChI=1S/C19H23ClFN3O3/c1-12(2)11-24-18(27)22(3)17(26)19(24)6-8-23(9-7-19)16(25)14-10-13(21)4-5-15(14)20/h4-5,10,12H,6-9,11H2,1-3H3. The zero-order chi connectivity index (χ0) is 19.9. The van der Waals surface area contributed by atoms with Crippen LogP contribution in [0.15, 0.2) is 18.2 Å². The van der Waals surface area contributed by atoms with Gasteiger partial charge in [-0.25, -0.2) is 9.18 Å². The monoisotopic (exact) mass is 395 g/mol. The third kappa shape index (κ3) is 3.29. The van der Waals surface area contributed by atoms with E-state index in [-0.39, 0.29) is 34.3 Å². The molecule has 0 saturated carbocycles. The van der Waals surface area contributed by atoms with Gasteiger partial charge in [-0.1, -0.05) is 25.4 Å². The Hall–Kier alpha value is -2.15. The van der Waals surface area contributed by atoms with Crippen molar-refractivity contribution < 1.29 is 18.8 Å². The van der Waals surface area contributed by atoms with Crippen LogP contribution in [0.1, 0.15) is 37.0 Å². The van der Waals surface area contributed by atoms with Gasteiger partial charge in [-0.3, -0.25) is 14.5 Å². The number of hydrogen-bond acceptors (Lipinski definition) is 3. The number of imide groups is 1. The molecule has 0 unspecified atom stereocenters. The van der Waals surface area contributed by atoms with Crippen molar-refractivity contribution in [3.05, 3.63) is 34.6 Å². The molecule has 27 heavy (non-hydrogen) atoms. The Bertz CT molecular complexity index is 790. The number of halogens is 2. The van der Waals surface area contributed by atoms with E-state index >= 15 is 0 Å². The Labute approximate surface area is 162 Å². The average Bonchev–Trinajstić information content (AvgIpc) is 2.80. The van der Waals surface area contributed by atoms with Crippen LogP contribution in [0.25, 0.3) is 0 Å². The molecule has 0 aromatic heterocycles. The number of piperidine rings is 1. The van der Waals surface area contributed by atoms with Crippen molar-refractivity contribution in [3.8, 4) is 0 Å². The Morgan fingerprint density at radius 3 is 2.48 bits per heavy atom. The van der Waals surface area contributed by atoms with Crippen LogP contribution in [0.3, 0.4) is 0 Å². The summed E-state index contributed by atoms with van der Waals surface area (Å²) in [7, 11) is 1.50. The topological polar surface area (TPSA) is 60.9 Å². The number of hydrogen-bond donors (Lipinski definition) is 0. The maximum atomic E-state index is 13.5. The number of likely N-dealkylation sites (tertiary alicyclic amines) is 1. The van der Waals surface area contributed by atoms with Crippen molar-refractivity contribution in [1.82, 2.24) is 14.7 Å². The molecular formula is C19H23ClFN3O3. The molecule has 146 valence electrons. The van der Waals surface area contributed by atoms with Crippen molar-refractivity contribution in [3.63, 3.8) is 0 Å². The lowest BCUT2D eigenvalue weighted by molar-refractivity contribution is -0.134. The number of carbonyl (C=O) groups is 3. The van der Waals surface area contributed by atoms with Gasteiger partial charge in [0.1, 0.15) is 11.4 Å². The molecule has 1 spiro atoms. The lowest BCUT2D eigenvalue weighted by Gasteiger charge is -2.42. The third-order valence-corrected chi connectivity index (χ3v) is 5.65. The van der Waals surface area contributed by atoms with Gasteiger partial charge in [0.2, 0.25) is 0 Å². The van der Waals surface area contributed by atoms with Crippen molar-refractivity contribution in [2.24, 2.45) is 5.92 Å². The SMILES string of the molecule is CC(C)CN1C(=O)N(C)C(=O)C12CCN(C(=O)c1cc(F)ccc1Cl)CC2. The molecule has 2 aliphatic heterocycles. The van der Waals surface area contributed by atoms with Crippen molar-refractivity contribution in [2.45, 2.75) is 32.2 Å². The molecule has 6 nitrogen and oxygen atoms in total. The molecule has 0 atom stereocenters. The number of benzene rings is 1. The summed E-state index contributed by atoms with van der Waals surface area (Å²) >= 11 is 6.04. The summed E-state index contributed by atoms with van der Waals surface area (Å²) in [5.74, 6) is -0.896. The first-order valence-corrected chi connectivity index (χ1v) is 9.39. The number of amides is 4. The predicted molar refractivity (Wildman–Crippen MR) is 99.0 cm³/mol. The number of likely N-dealkylation sites (N-methyl/N-ethyl adjacent to an activating group) is 1. The molecule has 0 N–H and O–H groups in total. The molecular weight excluding hydrogens is 373 g/mol. The largest absolute Gasteiger partial charge is 0.338 e. The highest BCUT2D eigenvalue weighted by atomic mass is 35.5. The van der Waals surface area contributed by atoms with E-state index in [1.807, 2.05) is 13.8 Å². The summed E-state index contributed by atoms with van der Waals surface area (Å²) in [4.78, 5) is 42.5. The first-order valence-electron chi connectivity index (χ1n) is 9.01. The van der Waals surface area contributed by atoms with E-state index in [4.69, 9.17) is 11.6 Å². The molecule has 1 aromatic rings. The fraction of sp³-hybridized carbons (Fsp3) is 0.526. The zero-order valence-electron chi connectivity index (χ0n) is 15.7. The van der Waals surface area contributed by atoms with Crippen LogP contribution in [0.5, 0.6) is 0 Å². The fourth-order valence-corrected chi connectivity index (χ4v) is 4.09. The minimum absolute atomic E-state index is 0.109. The zero-order valence-corrected chi connectivity index (χ0v) is 16.4. The Morgan fingerprint density at radius 2 is 1.89 bits per heavy atom. The highest BCUT2D eigenvalue weighted by Crippen LogP contribution is 2.37. The number of nitrogens with zero attached hydrogens (tertiary/aromatic N) is 3. The summed E-state index contributed by atoms with van der Waals surface area (Å²) in [6.45, 7) is 5.07. The Kier molecular flexibility index (Phi) is 5.16. The highest BCUT2D eigenvalue weighted by Gasteiger charge is 2.57. The van der Waals surface area contributed by atoms with Crippen molar-refractivity contribution in [2.75, 3.05) is 26.7 Å². The first-order chi connectivity index (χ1) is 12.7. The van der Waals surface area contributed by atoms with Crippen LogP contribution in [0, 0.1) is 11.7 Å². The van der Waals surface area contributed by atoms with Gasteiger partial charge in [0.15, 0.2) is 0 Å². The highest BCUT2D eigenvalue weighted by molar-refractivity contribution is 6.33. The van der Waals surface area contributed by atoms with E-state index in [9.17, 15) is 18.8 Å². The lowest BCUT2D eigenvalue weighted by Crippen LogP contribution is -2.58. The molecule has 0 bridgehead atoms. The number of urea groups is 1. The normalized spacial score (nSPS) is 19.6. The lowest BCUT2D eigenvalue weighted by atomic mass is 9.85. The molecule has 2 saturated heterocycles. The second-order valence-electron chi connectivity index (χ2n) is 7.60. The first kappa shape index (κ1) is 19.6. The van der Waals surface area contributed by atoms with E-state index in [0.717, 1.165) is 6.07 Å². The van der Waals surface area contributed by atoms with Gasteiger partial charge in [0.05, 0.1) is 10.6 Å². The van der Waals surface area contributed by atoms with E-state index in [1.54, 1.807) is 9.80 Å². The second-order valence-corrected chi connectivity index (χ2v) is 8.01. The van der Waals surface area contributed by atoms with E-state index in [2.05, 4.69) is 0 Å². The van der Waals surface area contributed by atoms with Crippen LogP contribution < -0.4 is 0 Å². The maximum Gasteiger partial charge on any atom is 0.327 e. The molecule has 0 radical (unpaired) electrons. The van der Waals surface area contributed by atoms with E-state index < -0.39 is 11.4 Å². The maximum absolute atomic E-state index is 13.5. The molecule has 1 aromatic carbocycles. The minimum atomic E-state index is -0.904. The van der Waals surface area contributed by atoms with Crippen LogP contribution in [-0.4, -0.2) is 64.8 Å². The van der Waals surface area contributed by atoms with Gasteiger partial charge in [0, 0.05) is 26.7 Å². The molecule has 3 rings (SSSR count). The number of rotatable bonds is 3. The summed E-state index contributed by atoms with van der Waals surface area (Å²) in [6, 6.07) is 3.39. The van der Waals surface area contributed by atoms with Gasteiger partial charge < -0.3 is 9.80 Å².